The molecule has 1 aliphatic carbocycles. The summed E-state index contributed by atoms with van der Waals surface area (Å²) in [5.41, 5.74) is 0. The molecule has 3 atom stereocenters. The number of hydrogen-bond acceptors (Lipinski definition) is 2. The minimum atomic E-state index is 0.290. The van der Waals surface area contributed by atoms with Crippen LogP contribution in [0.4, 0.5) is 0 Å². The summed E-state index contributed by atoms with van der Waals surface area (Å²) in [6.07, 6.45) is 6.23. The van der Waals surface area contributed by atoms with E-state index in [1.165, 1.54) is 19.3 Å². The summed E-state index contributed by atoms with van der Waals surface area (Å²) in [6, 6.07) is 0. The average Bonchev–Trinajstić information content (AvgIpc) is 2.24. The molecule has 16 heavy (non-hydrogen) atoms. The Hall–Kier alpha value is -0.0800. The predicted octanol–water partition coefficient (Wildman–Crippen LogP) is 3.24. The van der Waals surface area contributed by atoms with E-state index < -0.39 is 0 Å². The van der Waals surface area contributed by atoms with Crippen molar-refractivity contribution in [1.29, 1.82) is 0 Å². The van der Waals surface area contributed by atoms with Gasteiger partial charge in [-0.3, -0.25) is 0 Å². The van der Waals surface area contributed by atoms with Crippen LogP contribution in [0, 0.1) is 17.8 Å². The van der Waals surface area contributed by atoms with Gasteiger partial charge in [0.15, 0.2) is 0 Å². The smallest absolute Gasteiger partial charge is 0.0608 e. The number of hydrogen-bond donors (Lipinski definition) is 1. The Labute approximate surface area is 100 Å². The molecule has 0 spiro atoms. The molecule has 0 heterocycles. The highest BCUT2D eigenvalue weighted by Crippen LogP contribution is 2.35. The van der Waals surface area contributed by atoms with E-state index in [9.17, 15) is 0 Å². The quantitative estimate of drug-likeness (QED) is 0.707. The monoisotopic (exact) mass is 228 g/mol. The first-order chi connectivity index (χ1) is 7.65. The summed E-state index contributed by atoms with van der Waals surface area (Å²) in [7, 11) is 0. The first-order valence-corrected chi connectivity index (χ1v) is 6.87. The largest absolute Gasteiger partial charge is 0.396 e. The molecule has 0 saturated heterocycles. The van der Waals surface area contributed by atoms with Gasteiger partial charge in [0.1, 0.15) is 0 Å². The third-order valence-corrected chi connectivity index (χ3v) is 3.85. The van der Waals surface area contributed by atoms with Crippen LogP contribution in [0.2, 0.25) is 0 Å². The van der Waals surface area contributed by atoms with E-state index in [4.69, 9.17) is 9.84 Å². The Morgan fingerprint density at radius 1 is 1.25 bits per heavy atom. The molecule has 2 heteroatoms. The summed E-state index contributed by atoms with van der Waals surface area (Å²) >= 11 is 0. The van der Waals surface area contributed by atoms with Crippen molar-refractivity contribution in [3.05, 3.63) is 0 Å². The van der Waals surface area contributed by atoms with Crippen molar-refractivity contribution in [2.75, 3.05) is 13.2 Å². The molecule has 1 aliphatic rings. The number of rotatable bonds is 6. The minimum Gasteiger partial charge on any atom is -0.396 e. The second-order valence-corrected chi connectivity index (χ2v) is 5.67. The van der Waals surface area contributed by atoms with Crippen LogP contribution in [-0.2, 0) is 4.74 Å². The lowest BCUT2D eigenvalue weighted by Crippen LogP contribution is -2.34. The zero-order valence-corrected chi connectivity index (χ0v) is 11.1. The Balaban J connectivity index is 2.33. The highest BCUT2D eigenvalue weighted by molar-refractivity contribution is 4.81. The zero-order valence-electron chi connectivity index (χ0n) is 11.1. The van der Waals surface area contributed by atoms with Gasteiger partial charge in [-0.1, -0.05) is 27.2 Å². The number of aliphatic hydroxyl groups is 1. The third-order valence-electron chi connectivity index (χ3n) is 3.85. The second kappa shape index (κ2) is 7.29. The molecule has 0 aromatic heterocycles. The van der Waals surface area contributed by atoms with Crippen LogP contribution < -0.4 is 0 Å². The topological polar surface area (TPSA) is 29.5 Å². The molecule has 2 nitrogen and oxygen atoms in total. The molecular weight excluding hydrogens is 200 g/mol. The molecule has 1 fully saturated rings. The van der Waals surface area contributed by atoms with Crippen LogP contribution in [0.25, 0.3) is 0 Å². The molecule has 0 amide bonds. The lowest BCUT2D eigenvalue weighted by atomic mass is 9.75. The highest BCUT2D eigenvalue weighted by Gasteiger charge is 2.30. The van der Waals surface area contributed by atoms with Gasteiger partial charge in [0.25, 0.3) is 0 Å². The molecule has 1 N–H and O–H groups in total. The predicted molar refractivity (Wildman–Crippen MR) is 67.4 cm³/mol. The van der Waals surface area contributed by atoms with Gasteiger partial charge >= 0.3 is 0 Å². The molecule has 0 radical (unpaired) electrons. The molecular formula is C14H28O2. The maximum Gasteiger partial charge on any atom is 0.0608 e. The molecule has 1 saturated carbocycles. The lowest BCUT2D eigenvalue weighted by Gasteiger charge is -2.37. The van der Waals surface area contributed by atoms with E-state index in [0.29, 0.717) is 6.10 Å². The fourth-order valence-corrected chi connectivity index (χ4v) is 2.75. The molecule has 96 valence electrons. The number of aliphatic hydroxyl groups excluding tert-OH is 1. The van der Waals surface area contributed by atoms with E-state index in [1.807, 2.05) is 0 Å². The number of ether oxygens (including phenoxy) is 1. The van der Waals surface area contributed by atoms with Gasteiger partial charge in [0, 0.05) is 13.2 Å². The summed E-state index contributed by atoms with van der Waals surface area (Å²) < 4.78 is 6.02. The summed E-state index contributed by atoms with van der Waals surface area (Å²) in [6.45, 7) is 8.06. The van der Waals surface area contributed by atoms with Gasteiger partial charge in [0.2, 0.25) is 0 Å². The van der Waals surface area contributed by atoms with Gasteiger partial charge in [-0.25, -0.2) is 0 Å². The van der Waals surface area contributed by atoms with E-state index in [0.717, 1.165) is 37.2 Å². The normalized spacial score (nSPS) is 30.9. The first-order valence-electron chi connectivity index (χ1n) is 6.87. The van der Waals surface area contributed by atoms with Crippen LogP contribution >= 0.6 is 0 Å². The Bertz CT molecular complexity index is 180. The van der Waals surface area contributed by atoms with E-state index in [2.05, 4.69) is 20.8 Å². The Morgan fingerprint density at radius 3 is 2.62 bits per heavy atom. The second-order valence-electron chi connectivity index (χ2n) is 5.67. The molecule has 1 rings (SSSR count). The summed E-state index contributed by atoms with van der Waals surface area (Å²) in [4.78, 5) is 0. The van der Waals surface area contributed by atoms with Crippen LogP contribution in [-0.4, -0.2) is 24.4 Å². The van der Waals surface area contributed by atoms with Crippen molar-refractivity contribution in [2.24, 2.45) is 17.8 Å². The summed E-state index contributed by atoms with van der Waals surface area (Å²) in [5, 5.41) is 8.73. The van der Waals surface area contributed by atoms with Crippen molar-refractivity contribution < 1.29 is 9.84 Å². The molecule has 0 bridgehead atoms. The molecule has 0 aromatic carbocycles. The van der Waals surface area contributed by atoms with Crippen molar-refractivity contribution in [3.8, 4) is 0 Å². The fourth-order valence-electron chi connectivity index (χ4n) is 2.75. The van der Waals surface area contributed by atoms with E-state index in [-0.39, 0.29) is 6.61 Å². The van der Waals surface area contributed by atoms with Crippen molar-refractivity contribution in [3.63, 3.8) is 0 Å². The Morgan fingerprint density at radius 2 is 2.00 bits per heavy atom. The van der Waals surface area contributed by atoms with Gasteiger partial charge in [0.05, 0.1) is 6.10 Å². The third kappa shape index (κ3) is 4.42. The van der Waals surface area contributed by atoms with E-state index in [1.54, 1.807) is 0 Å². The zero-order chi connectivity index (χ0) is 12.0. The highest BCUT2D eigenvalue weighted by atomic mass is 16.5. The minimum absolute atomic E-state index is 0.290. The summed E-state index contributed by atoms with van der Waals surface area (Å²) in [5.74, 6) is 2.29. The van der Waals surface area contributed by atoms with Crippen molar-refractivity contribution in [1.82, 2.24) is 0 Å². The molecule has 0 aliphatic heterocycles. The average molecular weight is 228 g/mol. The van der Waals surface area contributed by atoms with Crippen molar-refractivity contribution >= 4 is 0 Å². The molecule has 3 unspecified atom stereocenters. The standard InChI is InChI=1S/C14H28O2/c1-11(2)13-7-6-12(3)10-14(13)16-9-5-4-8-15/h11-15H,4-10H2,1-3H3. The molecule has 0 aromatic rings. The maximum atomic E-state index is 8.73. The van der Waals surface area contributed by atoms with Gasteiger partial charge in [-0.15, -0.1) is 0 Å². The first kappa shape index (κ1) is 14.0. The fraction of sp³-hybridized carbons (Fsp3) is 1.00. The van der Waals surface area contributed by atoms with Crippen LogP contribution in [0.1, 0.15) is 52.9 Å². The Kier molecular flexibility index (Phi) is 6.37. The van der Waals surface area contributed by atoms with Gasteiger partial charge in [-0.05, 0) is 43.4 Å². The van der Waals surface area contributed by atoms with Crippen molar-refractivity contribution in [2.45, 2.75) is 59.0 Å². The van der Waals surface area contributed by atoms with Gasteiger partial charge < -0.3 is 9.84 Å². The van der Waals surface area contributed by atoms with Gasteiger partial charge in [-0.2, -0.15) is 0 Å². The van der Waals surface area contributed by atoms with Crippen LogP contribution in [0.15, 0.2) is 0 Å². The maximum absolute atomic E-state index is 8.73. The van der Waals surface area contributed by atoms with Crippen LogP contribution in [0.3, 0.4) is 0 Å². The van der Waals surface area contributed by atoms with E-state index >= 15 is 0 Å². The lowest BCUT2D eigenvalue weighted by molar-refractivity contribution is -0.0400. The SMILES string of the molecule is CC1CCC(C(C)C)C(OCCCCO)C1. The number of unbranched alkanes of at least 4 members (excludes halogenated alkanes) is 1. The van der Waals surface area contributed by atoms with Crippen LogP contribution in [0.5, 0.6) is 0 Å².